The smallest absolute Gasteiger partial charge is 0.394 e. The molecule has 0 unspecified atom stereocenters. The third-order valence-corrected chi connectivity index (χ3v) is 8.48. The molecule has 0 aromatic carbocycles. The van der Waals surface area contributed by atoms with E-state index in [1.807, 2.05) is 0 Å². The van der Waals surface area contributed by atoms with Gasteiger partial charge < -0.3 is 95.4 Å². The zero-order chi connectivity index (χ0) is 37.1. The molecular weight excluding hydrogens is 698 g/mol. The minimum atomic E-state index is -4.67. The minimum Gasteiger partial charge on any atom is -0.394 e. The summed E-state index contributed by atoms with van der Waals surface area (Å²) in [5.74, 6) is 0. The average Bonchev–Trinajstić information content (AvgIpc) is 3.03. The van der Waals surface area contributed by atoms with Gasteiger partial charge in [-0.2, -0.15) is 8.42 Å². The lowest BCUT2D eigenvalue weighted by Gasteiger charge is -2.48. The Hall–Kier alpha value is -1.15. The second kappa shape index (κ2) is 17.6. The minimum absolute atomic E-state index is 0.0225. The predicted molar refractivity (Wildman–Crippen MR) is 152 cm³/mol. The van der Waals surface area contributed by atoms with Crippen molar-refractivity contribution in [2.75, 3.05) is 19.8 Å². The van der Waals surface area contributed by atoms with E-state index in [9.17, 15) is 66.4 Å². The largest absolute Gasteiger partial charge is 0.394 e. The SMILES string of the molecule is C[C@H]1O[C@H](O[C@H]2[C@H](O)[C@@H](O)[C@@H](O[C@H]3[C@H](O)[C@@H](O)[C@H](O)O[C@@H]3CO)O[C@@H]2CO)[C@H](O)[C@@H](O)[C@@H]1N[C@H]1C=C(CO)[C@@H](O)[C@H](O)[C@H]1O.O=S(=O)(O)O. The molecule has 4 rings (SSSR count). The van der Waals surface area contributed by atoms with E-state index >= 15 is 0 Å². The van der Waals surface area contributed by atoms with Crippen LogP contribution in [0.1, 0.15) is 6.92 Å². The average molecular weight is 744 g/mol. The van der Waals surface area contributed by atoms with Crippen molar-refractivity contribution in [3.63, 3.8) is 0 Å². The van der Waals surface area contributed by atoms with Crippen LogP contribution >= 0.6 is 0 Å². The summed E-state index contributed by atoms with van der Waals surface area (Å²) in [6, 6.07) is -2.17. The highest BCUT2D eigenvalue weighted by Crippen LogP contribution is 2.32. The van der Waals surface area contributed by atoms with E-state index in [0.717, 1.165) is 0 Å². The van der Waals surface area contributed by atoms with Gasteiger partial charge in [0.1, 0.15) is 79.4 Å². The third kappa shape index (κ3) is 10.0. The first-order valence-electron chi connectivity index (χ1n) is 14.8. The summed E-state index contributed by atoms with van der Waals surface area (Å²) in [6.45, 7) is -0.753. The van der Waals surface area contributed by atoms with E-state index in [1.165, 1.54) is 13.0 Å². The highest BCUT2D eigenvalue weighted by Gasteiger charge is 2.53. The van der Waals surface area contributed by atoms with E-state index in [1.54, 1.807) is 0 Å². The third-order valence-electron chi connectivity index (χ3n) is 8.48. The van der Waals surface area contributed by atoms with E-state index in [2.05, 4.69) is 5.32 Å². The van der Waals surface area contributed by atoms with Gasteiger partial charge in [0.15, 0.2) is 18.9 Å². The summed E-state index contributed by atoms with van der Waals surface area (Å²) in [5.41, 5.74) is 0.0225. The Balaban J connectivity index is 0.00000121. The van der Waals surface area contributed by atoms with Crippen molar-refractivity contribution in [2.24, 2.45) is 0 Å². The lowest BCUT2D eigenvalue weighted by molar-refractivity contribution is -0.373. The van der Waals surface area contributed by atoms with Crippen molar-refractivity contribution >= 4 is 10.4 Å². The molecule has 1 aliphatic carbocycles. The van der Waals surface area contributed by atoms with Crippen LogP contribution in [-0.4, -0.2) is 220 Å². The quantitative estimate of drug-likeness (QED) is 0.0770. The highest BCUT2D eigenvalue weighted by atomic mass is 32.3. The molecule has 16 N–H and O–H groups in total. The molecule has 0 amide bonds. The standard InChI is InChI=1S/C25H43NO18.H2O4S/c1-6-11(26-8-2-7(3-27)12(30)15(33)13(8)31)14(32)19(37)24(40-6)43-22-10(5-29)42-25(20(38)17(22)35)44-21-9(4-28)41-23(39)18(36)16(21)34;1-5(2,3)4/h2,6,8-39H,3-5H2,1H3;(H2,1,2,3,4)/t6-,8+,9-,10-,11-,12-,13+,14+,15+,16-,17-,18-,19-,20-,21-,22-,23-,24-,25-;/m1./s1. The number of rotatable bonds is 9. The van der Waals surface area contributed by atoms with E-state index in [0.29, 0.717) is 0 Å². The molecule has 0 saturated carbocycles. The number of nitrogens with one attached hydrogen (secondary N) is 1. The number of aliphatic hydroxyl groups is 13. The van der Waals surface area contributed by atoms with Gasteiger partial charge in [-0.05, 0) is 12.5 Å². The molecular formula is C25H45NO22S. The topological polar surface area (TPSA) is 396 Å². The van der Waals surface area contributed by atoms with Gasteiger partial charge in [0.05, 0.1) is 38.0 Å². The summed E-state index contributed by atoms with van der Waals surface area (Å²) < 4.78 is 59.0. The van der Waals surface area contributed by atoms with Crippen molar-refractivity contribution < 1.29 is 108 Å². The maximum absolute atomic E-state index is 10.9. The molecule has 4 aliphatic rings. The van der Waals surface area contributed by atoms with Crippen LogP contribution in [0.25, 0.3) is 0 Å². The molecule has 3 aliphatic heterocycles. The molecule has 24 heteroatoms. The van der Waals surface area contributed by atoms with Gasteiger partial charge in [0, 0.05) is 0 Å². The predicted octanol–water partition coefficient (Wildman–Crippen LogP) is -9.22. The molecule has 49 heavy (non-hydrogen) atoms. The summed E-state index contributed by atoms with van der Waals surface area (Å²) in [7, 11) is -4.67. The first-order chi connectivity index (χ1) is 22.7. The first kappa shape index (κ1) is 42.3. The molecule has 3 fully saturated rings. The van der Waals surface area contributed by atoms with Crippen LogP contribution in [0.3, 0.4) is 0 Å². The van der Waals surface area contributed by atoms with Crippen molar-refractivity contribution in [3.8, 4) is 0 Å². The Morgan fingerprint density at radius 2 is 1.14 bits per heavy atom. The summed E-state index contributed by atoms with van der Waals surface area (Å²) >= 11 is 0. The van der Waals surface area contributed by atoms with Crippen LogP contribution in [-0.2, 0) is 34.1 Å². The number of aliphatic hydroxyl groups excluding tert-OH is 13. The van der Waals surface area contributed by atoms with Crippen LogP contribution in [0.4, 0.5) is 0 Å². The Morgan fingerprint density at radius 3 is 1.65 bits per heavy atom. The van der Waals surface area contributed by atoms with Crippen molar-refractivity contribution in [1.82, 2.24) is 5.32 Å². The maximum atomic E-state index is 10.9. The normalized spacial score (nSPS) is 47.9. The summed E-state index contributed by atoms with van der Waals surface area (Å²) in [5, 5.41) is 136. The first-order valence-corrected chi connectivity index (χ1v) is 16.2. The van der Waals surface area contributed by atoms with Crippen molar-refractivity contribution in [3.05, 3.63) is 11.6 Å². The number of hydrogen-bond acceptors (Lipinski definition) is 21. The Kier molecular flexibility index (Phi) is 15.2. The summed E-state index contributed by atoms with van der Waals surface area (Å²) in [6.07, 6.45) is -26.6. The van der Waals surface area contributed by atoms with E-state index in [4.69, 9.17) is 41.2 Å². The number of hydrogen-bond donors (Lipinski definition) is 16. The molecule has 3 saturated heterocycles. The van der Waals surface area contributed by atoms with Gasteiger partial charge >= 0.3 is 10.4 Å². The number of ether oxygens (including phenoxy) is 5. The Bertz CT molecular complexity index is 1170. The van der Waals surface area contributed by atoms with E-state index in [-0.39, 0.29) is 5.57 Å². The fourth-order valence-corrected chi connectivity index (χ4v) is 5.81. The van der Waals surface area contributed by atoms with Crippen LogP contribution in [0.15, 0.2) is 11.6 Å². The highest BCUT2D eigenvalue weighted by molar-refractivity contribution is 7.79. The molecule has 0 spiro atoms. The monoisotopic (exact) mass is 743 g/mol. The maximum Gasteiger partial charge on any atom is 0.394 e. The molecule has 19 atom stereocenters. The van der Waals surface area contributed by atoms with Gasteiger partial charge in [-0.3, -0.25) is 9.11 Å². The molecule has 288 valence electrons. The fraction of sp³-hybridized carbons (Fsp3) is 0.920. The second-order valence-corrected chi connectivity index (χ2v) is 12.7. The van der Waals surface area contributed by atoms with Crippen LogP contribution in [0, 0.1) is 0 Å². The Morgan fingerprint density at radius 1 is 0.673 bits per heavy atom. The van der Waals surface area contributed by atoms with Crippen molar-refractivity contribution in [2.45, 2.75) is 123 Å². The lowest BCUT2D eigenvalue weighted by atomic mass is 9.86. The fourth-order valence-electron chi connectivity index (χ4n) is 5.81. The Labute approximate surface area is 278 Å². The van der Waals surface area contributed by atoms with Gasteiger partial charge in [0.2, 0.25) is 0 Å². The van der Waals surface area contributed by atoms with Gasteiger partial charge in [-0.15, -0.1) is 0 Å². The van der Waals surface area contributed by atoms with Gasteiger partial charge in [0.25, 0.3) is 0 Å². The van der Waals surface area contributed by atoms with Gasteiger partial charge in [-0.25, -0.2) is 0 Å². The van der Waals surface area contributed by atoms with Gasteiger partial charge in [-0.1, -0.05) is 6.08 Å². The van der Waals surface area contributed by atoms with Crippen molar-refractivity contribution in [1.29, 1.82) is 0 Å². The molecule has 0 bridgehead atoms. The van der Waals surface area contributed by atoms with Crippen LogP contribution in [0.2, 0.25) is 0 Å². The second-order valence-electron chi connectivity index (χ2n) is 11.8. The van der Waals surface area contributed by atoms with Crippen LogP contribution in [0.5, 0.6) is 0 Å². The molecule has 0 aromatic rings. The molecule has 0 aromatic heterocycles. The lowest BCUT2D eigenvalue weighted by Crippen LogP contribution is -2.68. The zero-order valence-corrected chi connectivity index (χ0v) is 26.5. The molecule has 3 heterocycles. The summed E-state index contributed by atoms with van der Waals surface area (Å²) in [4.78, 5) is 0. The zero-order valence-electron chi connectivity index (χ0n) is 25.6. The van der Waals surface area contributed by atoms with E-state index < -0.39 is 147 Å². The molecule has 0 radical (unpaired) electrons. The molecule has 23 nitrogen and oxygen atoms in total. The van der Waals surface area contributed by atoms with Crippen LogP contribution < -0.4 is 5.32 Å².